The molecule has 30 heavy (non-hydrogen) atoms. The molecule has 0 unspecified atom stereocenters. The zero-order chi connectivity index (χ0) is 21.4. The fourth-order valence-corrected chi connectivity index (χ4v) is 6.86. The fraction of sp³-hybridized carbons (Fsp3) is 0.636. The van der Waals surface area contributed by atoms with Gasteiger partial charge in [-0.2, -0.15) is 0 Å². The SMILES string of the molecule is NS(=O)(=O)c1ccc(CCNC(=O)CNC(=O)CC23CC4CC(CC(C4)C2)C3)cc1. The topological polar surface area (TPSA) is 118 Å². The smallest absolute Gasteiger partial charge is 0.239 e. The van der Waals surface area contributed by atoms with Gasteiger partial charge in [0.1, 0.15) is 0 Å². The predicted molar refractivity (Wildman–Crippen MR) is 113 cm³/mol. The molecule has 7 nitrogen and oxygen atoms in total. The summed E-state index contributed by atoms with van der Waals surface area (Å²) < 4.78 is 22.5. The molecule has 1 aromatic carbocycles. The fourth-order valence-electron chi connectivity index (χ4n) is 6.34. The van der Waals surface area contributed by atoms with Gasteiger partial charge in [-0.3, -0.25) is 9.59 Å². The molecular weight excluding hydrogens is 402 g/mol. The number of sulfonamides is 1. The molecule has 2 amide bonds. The number of primary sulfonamides is 1. The molecule has 4 aliphatic carbocycles. The van der Waals surface area contributed by atoms with E-state index in [1.165, 1.54) is 50.7 Å². The normalized spacial score (nSPS) is 29.6. The number of nitrogens with two attached hydrogens (primary N) is 1. The Kier molecular flexibility index (Phi) is 5.90. The third kappa shape index (κ3) is 5.03. The number of nitrogens with one attached hydrogen (secondary N) is 2. The molecule has 164 valence electrons. The summed E-state index contributed by atoms with van der Waals surface area (Å²) in [5.41, 5.74) is 1.08. The second-order valence-electron chi connectivity index (χ2n) is 9.66. The highest BCUT2D eigenvalue weighted by Gasteiger charge is 2.51. The van der Waals surface area contributed by atoms with Gasteiger partial charge in [0.05, 0.1) is 11.4 Å². The number of amides is 2. The molecule has 4 bridgehead atoms. The number of hydrogen-bond acceptors (Lipinski definition) is 4. The van der Waals surface area contributed by atoms with Crippen molar-refractivity contribution >= 4 is 21.8 Å². The first-order chi connectivity index (χ1) is 14.2. The van der Waals surface area contributed by atoms with E-state index in [-0.39, 0.29) is 28.7 Å². The summed E-state index contributed by atoms with van der Waals surface area (Å²) >= 11 is 0. The molecule has 4 N–H and O–H groups in total. The number of carbonyl (C=O) groups excluding carboxylic acids is 2. The largest absolute Gasteiger partial charge is 0.354 e. The van der Waals surface area contributed by atoms with Crippen LogP contribution in [0, 0.1) is 23.2 Å². The second kappa shape index (κ2) is 8.30. The minimum atomic E-state index is -3.70. The van der Waals surface area contributed by atoms with Crippen LogP contribution in [0.5, 0.6) is 0 Å². The summed E-state index contributed by atoms with van der Waals surface area (Å²) in [7, 11) is -3.70. The van der Waals surface area contributed by atoms with Crippen LogP contribution in [0.1, 0.15) is 50.5 Å². The van der Waals surface area contributed by atoms with Crippen LogP contribution < -0.4 is 15.8 Å². The first-order valence-corrected chi connectivity index (χ1v) is 12.4. The third-order valence-corrected chi connectivity index (χ3v) is 8.06. The Bertz CT molecular complexity index is 876. The summed E-state index contributed by atoms with van der Waals surface area (Å²) in [5, 5.41) is 10.7. The van der Waals surface area contributed by atoms with E-state index in [0.29, 0.717) is 19.4 Å². The highest BCUT2D eigenvalue weighted by atomic mass is 32.2. The van der Waals surface area contributed by atoms with Crippen LogP contribution in [-0.4, -0.2) is 33.3 Å². The zero-order valence-corrected chi connectivity index (χ0v) is 18.0. The van der Waals surface area contributed by atoms with Crippen molar-refractivity contribution in [3.63, 3.8) is 0 Å². The minimum absolute atomic E-state index is 0.00441. The summed E-state index contributed by atoms with van der Waals surface area (Å²) in [4.78, 5) is 24.6. The molecule has 0 aromatic heterocycles. The van der Waals surface area contributed by atoms with Gasteiger partial charge in [-0.1, -0.05) is 12.1 Å². The Morgan fingerprint density at radius 1 is 0.933 bits per heavy atom. The monoisotopic (exact) mass is 433 g/mol. The maximum atomic E-state index is 12.5. The second-order valence-corrected chi connectivity index (χ2v) is 11.2. The Hall–Kier alpha value is -1.93. The van der Waals surface area contributed by atoms with Gasteiger partial charge in [-0.05, 0) is 85.8 Å². The number of carbonyl (C=O) groups is 2. The van der Waals surface area contributed by atoms with Crippen LogP contribution in [0.3, 0.4) is 0 Å². The maximum Gasteiger partial charge on any atom is 0.239 e. The van der Waals surface area contributed by atoms with Gasteiger partial charge in [0.15, 0.2) is 0 Å². The number of benzene rings is 1. The molecule has 0 spiro atoms. The van der Waals surface area contributed by atoms with Crippen LogP contribution in [0.4, 0.5) is 0 Å². The van der Waals surface area contributed by atoms with E-state index in [9.17, 15) is 18.0 Å². The van der Waals surface area contributed by atoms with Crippen molar-refractivity contribution in [2.75, 3.05) is 13.1 Å². The Morgan fingerprint density at radius 3 is 2.03 bits per heavy atom. The molecule has 1 aromatic rings. The van der Waals surface area contributed by atoms with E-state index >= 15 is 0 Å². The van der Waals surface area contributed by atoms with Gasteiger partial charge >= 0.3 is 0 Å². The average molecular weight is 434 g/mol. The Labute approximate surface area is 178 Å². The molecule has 4 saturated carbocycles. The van der Waals surface area contributed by atoms with E-state index < -0.39 is 10.0 Å². The van der Waals surface area contributed by atoms with E-state index in [0.717, 1.165) is 23.3 Å². The van der Waals surface area contributed by atoms with Gasteiger partial charge in [-0.25, -0.2) is 13.6 Å². The van der Waals surface area contributed by atoms with Crippen LogP contribution in [0.15, 0.2) is 29.2 Å². The van der Waals surface area contributed by atoms with Crippen molar-refractivity contribution in [3.05, 3.63) is 29.8 Å². The van der Waals surface area contributed by atoms with Gasteiger partial charge in [0.2, 0.25) is 21.8 Å². The van der Waals surface area contributed by atoms with E-state index in [1.807, 2.05) is 0 Å². The quantitative estimate of drug-likeness (QED) is 0.578. The molecular formula is C22H31N3O4S. The molecule has 0 saturated heterocycles. The van der Waals surface area contributed by atoms with Crippen LogP contribution in [0.2, 0.25) is 0 Å². The van der Waals surface area contributed by atoms with Crippen molar-refractivity contribution in [1.29, 1.82) is 0 Å². The first kappa shape index (κ1) is 21.3. The highest BCUT2D eigenvalue weighted by Crippen LogP contribution is 2.61. The maximum absolute atomic E-state index is 12.5. The Morgan fingerprint density at radius 2 is 1.50 bits per heavy atom. The summed E-state index contributed by atoms with van der Waals surface area (Å²) in [6, 6.07) is 6.27. The molecule has 0 heterocycles. The summed E-state index contributed by atoms with van der Waals surface area (Å²) in [5.74, 6) is 2.21. The molecule has 0 aliphatic heterocycles. The van der Waals surface area contributed by atoms with Crippen LogP contribution in [-0.2, 0) is 26.0 Å². The number of hydrogen-bond donors (Lipinski definition) is 3. The van der Waals surface area contributed by atoms with Gasteiger partial charge in [0.25, 0.3) is 0 Å². The summed E-state index contributed by atoms with van der Waals surface area (Å²) in [6.45, 7) is 0.411. The van der Waals surface area contributed by atoms with Gasteiger partial charge < -0.3 is 10.6 Å². The number of rotatable bonds is 8. The van der Waals surface area contributed by atoms with Crippen molar-refractivity contribution in [2.45, 2.75) is 56.3 Å². The average Bonchev–Trinajstić information content (AvgIpc) is 2.64. The standard InChI is InChI=1S/C22H31N3O4S/c23-30(28,29)19-3-1-15(2-4-19)5-6-24-21(27)14-25-20(26)13-22-10-16-7-17(11-22)9-18(8-16)12-22/h1-4,16-18H,5-14H2,(H,24,27)(H,25,26)(H2,23,28,29). The summed E-state index contributed by atoms with van der Waals surface area (Å²) in [6.07, 6.45) is 8.74. The van der Waals surface area contributed by atoms with Crippen molar-refractivity contribution in [3.8, 4) is 0 Å². The van der Waals surface area contributed by atoms with Crippen LogP contribution >= 0.6 is 0 Å². The molecule has 4 aliphatic rings. The first-order valence-electron chi connectivity index (χ1n) is 10.9. The van der Waals surface area contributed by atoms with E-state index in [2.05, 4.69) is 10.6 Å². The highest BCUT2D eigenvalue weighted by molar-refractivity contribution is 7.89. The third-order valence-electron chi connectivity index (χ3n) is 7.13. The molecule has 4 fully saturated rings. The lowest BCUT2D eigenvalue weighted by atomic mass is 9.49. The van der Waals surface area contributed by atoms with Crippen molar-refractivity contribution in [2.24, 2.45) is 28.3 Å². The minimum Gasteiger partial charge on any atom is -0.354 e. The lowest BCUT2D eigenvalue weighted by Crippen LogP contribution is -2.48. The zero-order valence-electron chi connectivity index (χ0n) is 17.2. The molecule has 5 rings (SSSR count). The van der Waals surface area contributed by atoms with E-state index in [4.69, 9.17) is 5.14 Å². The van der Waals surface area contributed by atoms with Gasteiger partial charge in [-0.15, -0.1) is 0 Å². The Balaban J connectivity index is 1.17. The van der Waals surface area contributed by atoms with Crippen LogP contribution in [0.25, 0.3) is 0 Å². The lowest BCUT2D eigenvalue weighted by molar-refractivity contribution is -0.131. The molecule has 0 radical (unpaired) electrons. The lowest BCUT2D eigenvalue weighted by Gasteiger charge is -2.56. The van der Waals surface area contributed by atoms with Crippen molar-refractivity contribution < 1.29 is 18.0 Å². The van der Waals surface area contributed by atoms with E-state index in [1.54, 1.807) is 12.1 Å². The van der Waals surface area contributed by atoms with Crippen molar-refractivity contribution in [1.82, 2.24) is 10.6 Å². The molecule has 0 atom stereocenters. The molecule has 8 heteroatoms. The van der Waals surface area contributed by atoms with Gasteiger partial charge in [0, 0.05) is 13.0 Å². The predicted octanol–water partition coefficient (Wildman–Crippen LogP) is 1.72.